The smallest absolute Gasteiger partial charge is 0.252 e. The first-order valence-corrected chi connectivity index (χ1v) is 6.33. The summed E-state index contributed by atoms with van der Waals surface area (Å²) >= 11 is 5.71. The van der Waals surface area contributed by atoms with Gasteiger partial charge in [-0.2, -0.15) is 0 Å². The van der Waals surface area contributed by atoms with Gasteiger partial charge in [0.2, 0.25) is 5.91 Å². The molecule has 19 heavy (non-hydrogen) atoms. The van der Waals surface area contributed by atoms with Crippen molar-refractivity contribution in [3.8, 4) is 0 Å². The third-order valence-corrected chi connectivity index (χ3v) is 2.56. The van der Waals surface area contributed by atoms with Crippen LogP contribution in [0.15, 0.2) is 12.1 Å². The molecule has 1 aromatic heterocycles. The minimum Gasteiger partial charge on any atom is -0.384 e. The van der Waals surface area contributed by atoms with Crippen LogP contribution in [-0.4, -0.2) is 29.4 Å². The highest BCUT2D eigenvalue weighted by Crippen LogP contribution is 2.12. The summed E-state index contributed by atoms with van der Waals surface area (Å²) in [4.78, 5) is 27.3. The number of aromatic nitrogens is 1. The lowest BCUT2D eigenvalue weighted by Gasteiger charge is -2.14. The van der Waals surface area contributed by atoms with Gasteiger partial charge in [0.25, 0.3) is 5.91 Å². The Balaban J connectivity index is 2.66. The molecule has 1 rings (SSSR count). The van der Waals surface area contributed by atoms with Crippen LogP contribution in [0.3, 0.4) is 0 Å². The molecular weight excluding hydrogens is 268 g/mol. The van der Waals surface area contributed by atoms with E-state index < -0.39 is 11.9 Å². The lowest BCUT2D eigenvalue weighted by atomic mass is 10.2. The van der Waals surface area contributed by atoms with E-state index in [2.05, 4.69) is 15.6 Å². The minimum absolute atomic E-state index is 0.133. The quantitative estimate of drug-likeness (QED) is 0.702. The van der Waals surface area contributed by atoms with E-state index in [0.29, 0.717) is 6.54 Å². The number of carbonyl (C=O) groups excluding carboxylic acids is 2. The van der Waals surface area contributed by atoms with Gasteiger partial charge in [-0.15, -0.1) is 0 Å². The Bertz CT molecular complexity index is 459. The maximum absolute atomic E-state index is 11.9. The van der Waals surface area contributed by atoms with Crippen LogP contribution in [-0.2, 0) is 4.79 Å². The predicted octanol–water partition coefficient (Wildman–Crippen LogP) is 0.962. The first kappa shape index (κ1) is 15.2. The highest BCUT2D eigenvalue weighted by molar-refractivity contribution is 6.29. The zero-order valence-electron chi connectivity index (χ0n) is 10.9. The van der Waals surface area contributed by atoms with Crippen LogP contribution in [0, 0.1) is 0 Å². The first-order valence-electron chi connectivity index (χ1n) is 5.95. The van der Waals surface area contributed by atoms with E-state index in [1.165, 1.54) is 12.1 Å². The summed E-state index contributed by atoms with van der Waals surface area (Å²) in [6.07, 6.45) is 0.836. The minimum atomic E-state index is -0.632. The van der Waals surface area contributed by atoms with Gasteiger partial charge in [0.05, 0.1) is 0 Å². The fourth-order valence-electron chi connectivity index (χ4n) is 1.40. The molecule has 0 radical (unpaired) electrons. The lowest BCUT2D eigenvalue weighted by Crippen LogP contribution is -2.45. The van der Waals surface area contributed by atoms with Gasteiger partial charge in [0.15, 0.2) is 0 Å². The number of pyridine rings is 1. The summed E-state index contributed by atoms with van der Waals surface area (Å²) in [5.74, 6) is -0.501. The number of nitrogens with two attached hydrogens (primary N) is 1. The second-order valence-electron chi connectivity index (χ2n) is 4.09. The van der Waals surface area contributed by atoms with Crippen molar-refractivity contribution in [2.45, 2.75) is 26.3 Å². The summed E-state index contributed by atoms with van der Waals surface area (Å²) in [6.45, 7) is 4.13. The van der Waals surface area contributed by atoms with Crippen molar-refractivity contribution in [3.05, 3.63) is 22.8 Å². The number of hydrogen-bond donors (Lipinski definition) is 3. The van der Waals surface area contributed by atoms with E-state index >= 15 is 0 Å². The number of amides is 2. The molecule has 0 aliphatic carbocycles. The molecule has 1 atom stereocenters. The SMILES string of the molecule is CCCNC(=O)C(C)NC(=O)c1cc(N)nc(Cl)c1. The standard InChI is InChI=1S/C12H17ClN4O2/c1-3-4-15-11(18)7(2)16-12(19)8-5-9(13)17-10(14)6-8/h5-7H,3-4H2,1-2H3,(H2,14,17)(H,15,18)(H,16,19). The molecule has 1 aromatic rings. The maximum atomic E-state index is 11.9. The molecule has 1 heterocycles. The molecule has 4 N–H and O–H groups in total. The second-order valence-corrected chi connectivity index (χ2v) is 4.48. The monoisotopic (exact) mass is 284 g/mol. The molecule has 0 aromatic carbocycles. The largest absolute Gasteiger partial charge is 0.384 e. The average Bonchev–Trinajstić information content (AvgIpc) is 2.34. The number of carbonyl (C=O) groups is 2. The lowest BCUT2D eigenvalue weighted by molar-refractivity contribution is -0.122. The van der Waals surface area contributed by atoms with Gasteiger partial charge in [0.1, 0.15) is 17.0 Å². The molecule has 0 aliphatic rings. The van der Waals surface area contributed by atoms with Gasteiger partial charge in [0, 0.05) is 12.1 Å². The molecule has 1 unspecified atom stereocenters. The molecule has 104 valence electrons. The van der Waals surface area contributed by atoms with Crippen molar-refractivity contribution in [2.75, 3.05) is 12.3 Å². The van der Waals surface area contributed by atoms with Gasteiger partial charge < -0.3 is 16.4 Å². The summed E-state index contributed by atoms with van der Waals surface area (Å²) in [5.41, 5.74) is 5.77. The molecule has 0 aliphatic heterocycles. The van der Waals surface area contributed by atoms with Crippen molar-refractivity contribution >= 4 is 29.2 Å². The van der Waals surface area contributed by atoms with E-state index in [1.807, 2.05) is 6.92 Å². The molecule has 0 fully saturated rings. The van der Waals surface area contributed by atoms with Crippen molar-refractivity contribution in [3.63, 3.8) is 0 Å². The zero-order chi connectivity index (χ0) is 14.4. The van der Waals surface area contributed by atoms with E-state index in [9.17, 15) is 9.59 Å². The fraction of sp³-hybridized carbons (Fsp3) is 0.417. The number of rotatable bonds is 5. The Labute approximate surface area is 116 Å². The average molecular weight is 285 g/mol. The van der Waals surface area contributed by atoms with Crippen LogP contribution in [0.4, 0.5) is 5.82 Å². The van der Waals surface area contributed by atoms with Gasteiger partial charge >= 0.3 is 0 Å². The molecule has 0 saturated carbocycles. The fourth-order valence-corrected chi connectivity index (χ4v) is 1.61. The summed E-state index contributed by atoms with van der Waals surface area (Å²) in [6, 6.07) is 2.16. The van der Waals surface area contributed by atoms with E-state index in [-0.39, 0.29) is 22.4 Å². The van der Waals surface area contributed by atoms with Gasteiger partial charge in [-0.1, -0.05) is 18.5 Å². The molecule has 7 heteroatoms. The Kier molecular flexibility index (Phi) is 5.57. The summed E-state index contributed by atoms with van der Waals surface area (Å²) < 4.78 is 0. The van der Waals surface area contributed by atoms with E-state index in [4.69, 9.17) is 17.3 Å². The maximum Gasteiger partial charge on any atom is 0.252 e. The van der Waals surface area contributed by atoms with Gasteiger partial charge in [-0.25, -0.2) is 4.98 Å². The number of nitrogens with zero attached hydrogens (tertiary/aromatic N) is 1. The molecular formula is C12H17ClN4O2. The first-order chi connectivity index (χ1) is 8.93. The van der Waals surface area contributed by atoms with E-state index in [0.717, 1.165) is 6.42 Å². The highest BCUT2D eigenvalue weighted by Gasteiger charge is 2.16. The van der Waals surface area contributed by atoms with Crippen molar-refractivity contribution in [2.24, 2.45) is 0 Å². The number of nitrogen functional groups attached to an aromatic ring is 1. The predicted molar refractivity (Wildman–Crippen MR) is 73.9 cm³/mol. The molecule has 0 saturated heterocycles. The van der Waals surface area contributed by atoms with Crippen molar-refractivity contribution < 1.29 is 9.59 Å². The zero-order valence-corrected chi connectivity index (χ0v) is 11.6. The Morgan fingerprint density at radius 1 is 1.47 bits per heavy atom. The van der Waals surface area contributed by atoms with Gasteiger partial charge in [-0.3, -0.25) is 9.59 Å². The Morgan fingerprint density at radius 2 is 2.16 bits per heavy atom. The normalized spacial score (nSPS) is 11.7. The van der Waals surface area contributed by atoms with Crippen LogP contribution in [0.1, 0.15) is 30.6 Å². The number of anilines is 1. The highest BCUT2D eigenvalue weighted by atomic mass is 35.5. The van der Waals surface area contributed by atoms with Gasteiger partial charge in [-0.05, 0) is 25.5 Å². The third-order valence-electron chi connectivity index (χ3n) is 2.37. The van der Waals surface area contributed by atoms with Crippen molar-refractivity contribution in [1.29, 1.82) is 0 Å². The molecule has 6 nitrogen and oxygen atoms in total. The van der Waals surface area contributed by atoms with Crippen LogP contribution in [0.25, 0.3) is 0 Å². The van der Waals surface area contributed by atoms with Crippen LogP contribution in [0.5, 0.6) is 0 Å². The molecule has 0 spiro atoms. The van der Waals surface area contributed by atoms with Crippen molar-refractivity contribution in [1.82, 2.24) is 15.6 Å². The Hall–Kier alpha value is -1.82. The number of nitrogens with one attached hydrogen (secondary N) is 2. The van der Waals surface area contributed by atoms with E-state index in [1.54, 1.807) is 6.92 Å². The second kappa shape index (κ2) is 6.94. The van der Waals surface area contributed by atoms with Crippen LogP contribution < -0.4 is 16.4 Å². The number of halogens is 1. The third kappa shape index (κ3) is 4.75. The summed E-state index contributed by atoms with van der Waals surface area (Å²) in [7, 11) is 0. The topological polar surface area (TPSA) is 97.1 Å². The van der Waals surface area contributed by atoms with Crippen LogP contribution in [0.2, 0.25) is 5.15 Å². The van der Waals surface area contributed by atoms with Crippen LogP contribution >= 0.6 is 11.6 Å². The molecule has 0 bridgehead atoms. The summed E-state index contributed by atoms with van der Waals surface area (Å²) in [5, 5.41) is 5.39. The molecule has 2 amide bonds. The number of hydrogen-bond acceptors (Lipinski definition) is 4. The Morgan fingerprint density at radius 3 is 2.74 bits per heavy atom.